The molecule has 1 aliphatic rings. The van der Waals surface area contributed by atoms with Crippen molar-refractivity contribution in [2.75, 3.05) is 51.8 Å². The van der Waals surface area contributed by atoms with E-state index in [0.717, 1.165) is 55.1 Å². The molecule has 0 spiro atoms. The van der Waals surface area contributed by atoms with E-state index in [2.05, 4.69) is 30.5 Å². The summed E-state index contributed by atoms with van der Waals surface area (Å²) in [5.41, 5.74) is 2.36. The fraction of sp³-hybridized carbons (Fsp3) is 0.529. The highest BCUT2D eigenvalue weighted by atomic mass is 32.1. The molecule has 1 amide bonds. The van der Waals surface area contributed by atoms with Crippen LogP contribution in [0.25, 0.3) is 21.4 Å². The summed E-state index contributed by atoms with van der Waals surface area (Å²) in [6.07, 6.45) is 2.64. The van der Waals surface area contributed by atoms with Crippen LogP contribution in [-0.4, -0.2) is 76.8 Å². The molecule has 144 valence electrons. The minimum atomic E-state index is -0.152. The first-order valence-corrected chi connectivity index (χ1v) is 9.86. The molecular weight excluding hydrogens is 366 g/mol. The molecule has 0 bridgehead atoms. The molecule has 1 aliphatic heterocycles. The third-order valence-corrected chi connectivity index (χ3v) is 5.63. The summed E-state index contributed by atoms with van der Waals surface area (Å²) in [5, 5.41) is 6.46. The predicted octanol–water partition coefficient (Wildman–Crippen LogP) is 1.07. The monoisotopic (exact) mass is 389 g/mol. The number of hydrogen-bond donors (Lipinski definition) is 2. The molecule has 3 aromatic heterocycles. The maximum Gasteiger partial charge on any atom is 0.280 e. The Kier molecular flexibility index (Phi) is 5.19. The van der Waals surface area contributed by atoms with Crippen LogP contribution in [0.5, 0.6) is 0 Å². The van der Waals surface area contributed by atoms with Crippen LogP contribution in [0, 0.1) is 0 Å². The van der Waals surface area contributed by atoms with Gasteiger partial charge in [-0.05, 0) is 13.0 Å². The normalized spacial score (nSPS) is 15.5. The summed E-state index contributed by atoms with van der Waals surface area (Å²) in [7, 11) is 3.73. The van der Waals surface area contributed by atoms with Crippen molar-refractivity contribution < 1.29 is 9.53 Å². The Balaban J connectivity index is 1.46. The molecule has 27 heavy (non-hydrogen) atoms. The molecule has 9 nitrogen and oxygen atoms in total. The number of pyridine rings is 1. The van der Waals surface area contributed by atoms with Crippen molar-refractivity contribution in [3.63, 3.8) is 0 Å². The van der Waals surface area contributed by atoms with Crippen molar-refractivity contribution in [3.8, 4) is 0 Å². The highest BCUT2D eigenvalue weighted by Crippen LogP contribution is 2.30. The van der Waals surface area contributed by atoms with Gasteiger partial charge in [-0.25, -0.2) is 15.0 Å². The second-order valence-corrected chi connectivity index (χ2v) is 7.48. The zero-order valence-corrected chi connectivity index (χ0v) is 16.3. The number of nitrogens with zero attached hydrogens (tertiary/aromatic N) is 5. The van der Waals surface area contributed by atoms with Gasteiger partial charge in [-0.15, -0.1) is 0 Å². The quantitative estimate of drug-likeness (QED) is 0.609. The molecular formula is C17H23N7O2S. The van der Waals surface area contributed by atoms with E-state index >= 15 is 0 Å². The fourth-order valence-corrected chi connectivity index (χ4v) is 4.12. The first-order valence-electron chi connectivity index (χ1n) is 9.05. The van der Waals surface area contributed by atoms with Crippen molar-refractivity contribution in [3.05, 3.63) is 11.3 Å². The second-order valence-electron chi connectivity index (χ2n) is 6.50. The zero-order valence-electron chi connectivity index (χ0n) is 15.5. The number of carbonyl (C=O) groups is 1. The van der Waals surface area contributed by atoms with Crippen LogP contribution in [0.2, 0.25) is 0 Å². The first kappa shape index (κ1) is 18.1. The lowest BCUT2D eigenvalue weighted by Crippen LogP contribution is -2.38. The molecule has 0 radical (unpaired) electrons. The van der Waals surface area contributed by atoms with Gasteiger partial charge in [0.05, 0.1) is 19.5 Å². The topological polar surface area (TPSA) is 97.2 Å². The van der Waals surface area contributed by atoms with Crippen LogP contribution < -0.4 is 10.6 Å². The van der Waals surface area contributed by atoms with Crippen molar-refractivity contribution in [2.24, 2.45) is 7.05 Å². The zero-order chi connectivity index (χ0) is 18.8. The molecule has 10 heteroatoms. The molecule has 0 aliphatic carbocycles. The Morgan fingerprint density at radius 2 is 2.11 bits per heavy atom. The lowest BCUT2D eigenvalue weighted by atomic mass is 10.3. The molecule has 0 atom stereocenters. The standard InChI is InChI=1S/C17H23N7O2S/c1-18-14-11-13(23(2)10-20-11)12-16(22-14)27-17(21-12)15(25)19-4-3-5-24-6-8-26-9-7-24/h10H,3-9H2,1-2H3,(H,18,22)(H,19,25). The predicted molar refractivity (Wildman–Crippen MR) is 105 cm³/mol. The van der Waals surface area contributed by atoms with E-state index in [9.17, 15) is 4.79 Å². The third kappa shape index (κ3) is 3.60. The molecule has 4 heterocycles. The molecule has 0 aromatic carbocycles. The van der Waals surface area contributed by atoms with E-state index in [1.54, 1.807) is 6.33 Å². The van der Waals surface area contributed by atoms with E-state index in [1.165, 1.54) is 11.3 Å². The molecule has 1 saturated heterocycles. The van der Waals surface area contributed by atoms with Gasteiger partial charge in [0.25, 0.3) is 5.91 Å². The SMILES string of the molecule is CNc1nc2sc(C(=O)NCCCN3CCOCC3)nc2c2c1ncn2C. The lowest BCUT2D eigenvalue weighted by molar-refractivity contribution is 0.0374. The van der Waals surface area contributed by atoms with Crippen molar-refractivity contribution >= 4 is 44.4 Å². The van der Waals surface area contributed by atoms with Gasteiger partial charge in [-0.3, -0.25) is 9.69 Å². The van der Waals surface area contributed by atoms with Gasteiger partial charge < -0.3 is 19.9 Å². The minimum Gasteiger partial charge on any atom is -0.379 e. The van der Waals surface area contributed by atoms with Crippen LogP contribution in [0.15, 0.2) is 6.33 Å². The summed E-state index contributed by atoms with van der Waals surface area (Å²) < 4.78 is 7.25. The number of hydrogen-bond acceptors (Lipinski definition) is 8. The number of aromatic nitrogens is 4. The number of nitrogens with one attached hydrogen (secondary N) is 2. The number of imidazole rings is 1. The summed E-state index contributed by atoms with van der Waals surface area (Å²) in [5.74, 6) is 0.542. The third-order valence-electron chi connectivity index (χ3n) is 4.68. The van der Waals surface area contributed by atoms with Gasteiger partial charge in [0.15, 0.2) is 10.8 Å². The van der Waals surface area contributed by atoms with Gasteiger partial charge in [0, 0.05) is 33.7 Å². The number of thiazole rings is 1. The highest BCUT2D eigenvalue weighted by molar-refractivity contribution is 7.20. The first-order chi connectivity index (χ1) is 13.2. The Hall–Kier alpha value is -2.30. The molecule has 0 saturated carbocycles. The van der Waals surface area contributed by atoms with Gasteiger partial charge >= 0.3 is 0 Å². The fourth-order valence-electron chi connectivity index (χ4n) is 3.26. The average Bonchev–Trinajstić information content (AvgIpc) is 3.29. The van der Waals surface area contributed by atoms with Gasteiger partial charge in [-0.1, -0.05) is 11.3 Å². The van der Waals surface area contributed by atoms with Gasteiger partial charge in [-0.2, -0.15) is 0 Å². The van der Waals surface area contributed by atoms with E-state index in [4.69, 9.17) is 4.74 Å². The summed E-state index contributed by atoms with van der Waals surface area (Å²) in [4.78, 5) is 29.1. The number of aryl methyl sites for hydroxylation is 1. The Morgan fingerprint density at radius 3 is 2.89 bits per heavy atom. The Bertz CT molecular complexity index is 961. The van der Waals surface area contributed by atoms with Crippen LogP contribution in [-0.2, 0) is 11.8 Å². The number of morpholine rings is 1. The number of amides is 1. The highest BCUT2D eigenvalue weighted by Gasteiger charge is 2.19. The maximum absolute atomic E-state index is 12.5. The molecule has 3 aromatic rings. The number of ether oxygens (including phenoxy) is 1. The van der Waals surface area contributed by atoms with Crippen LogP contribution in [0.4, 0.5) is 5.82 Å². The van der Waals surface area contributed by atoms with Crippen LogP contribution in [0.3, 0.4) is 0 Å². The number of carbonyl (C=O) groups excluding carboxylic acids is 1. The molecule has 4 rings (SSSR count). The number of anilines is 1. The molecule has 2 N–H and O–H groups in total. The molecule has 1 fully saturated rings. The second kappa shape index (κ2) is 7.75. The van der Waals surface area contributed by atoms with E-state index in [0.29, 0.717) is 22.9 Å². The van der Waals surface area contributed by atoms with E-state index in [1.807, 2.05) is 18.7 Å². The van der Waals surface area contributed by atoms with Crippen LogP contribution in [0.1, 0.15) is 16.2 Å². The summed E-state index contributed by atoms with van der Waals surface area (Å²) in [6, 6.07) is 0. The smallest absolute Gasteiger partial charge is 0.280 e. The average molecular weight is 389 g/mol. The molecule has 0 unspecified atom stereocenters. The lowest BCUT2D eigenvalue weighted by Gasteiger charge is -2.26. The number of fused-ring (bicyclic) bond motifs is 3. The van der Waals surface area contributed by atoms with Crippen molar-refractivity contribution in [1.29, 1.82) is 0 Å². The Morgan fingerprint density at radius 1 is 1.30 bits per heavy atom. The maximum atomic E-state index is 12.5. The minimum absolute atomic E-state index is 0.152. The summed E-state index contributed by atoms with van der Waals surface area (Å²) >= 11 is 1.31. The number of rotatable bonds is 6. The largest absolute Gasteiger partial charge is 0.379 e. The van der Waals surface area contributed by atoms with E-state index in [-0.39, 0.29) is 5.91 Å². The van der Waals surface area contributed by atoms with Gasteiger partial charge in [0.2, 0.25) is 0 Å². The Labute approximate surface area is 160 Å². The van der Waals surface area contributed by atoms with Crippen LogP contribution >= 0.6 is 11.3 Å². The van der Waals surface area contributed by atoms with E-state index < -0.39 is 0 Å². The summed E-state index contributed by atoms with van der Waals surface area (Å²) in [6.45, 7) is 5.11. The van der Waals surface area contributed by atoms with Crippen molar-refractivity contribution in [1.82, 2.24) is 29.7 Å². The van der Waals surface area contributed by atoms with Crippen molar-refractivity contribution in [2.45, 2.75) is 6.42 Å². The van der Waals surface area contributed by atoms with Gasteiger partial charge in [0.1, 0.15) is 21.4 Å².